The van der Waals surface area contributed by atoms with Crippen LogP contribution in [0.3, 0.4) is 0 Å². The Morgan fingerprint density at radius 3 is 2.89 bits per heavy atom. The van der Waals surface area contributed by atoms with Gasteiger partial charge in [-0.1, -0.05) is 0 Å². The van der Waals surface area contributed by atoms with Crippen LogP contribution in [0.1, 0.15) is 45.4 Å². The third-order valence-electron chi connectivity index (χ3n) is 3.16. The van der Waals surface area contributed by atoms with Gasteiger partial charge in [0, 0.05) is 10.8 Å². The Hall–Kier alpha value is -1.62. The topological polar surface area (TPSA) is 55.1 Å². The SMILES string of the molecule is Cc1nsc(C)c1NC(=O)c1ccoc1C1CC1. The van der Waals surface area contributed by atoms with Gasteiger partial charge in [-0.2, -0.15) is 4.37 Å². The Morgan fingerprint density at radius 1 is 1.50 bits per heavy atom. The van der Waals surface area contributed by atoms with Crippen molar-refractivity contribution in [3.63, 3.8) is 0 Å². The lowest BCUT2D eigenvalue weighted by Crippen LogP contribution is -2.13. The minimum absolute atomic E-state index is 0.1000. The molecule has 0 saturated heterocycles. The first-order chi connectivity index (χ1) is 8.66. The Labute approximate surface area is 109 Å². The number of aryl methyl sites for hydroxylation is 2. The summed E-state index contributed by atoms with van der Waals surface area (Å²) in [5.74, 6) is 1.16. The molecule has 1 aliphatic rings. The third-order valence-corrected chi connectivity index (χ3v) is 4.00. The zero-order valence-electron chi connectivity index (χ0n) is 10.3. The first-order valence-electron chi connectivity index (χ1n) is 5.98. The number of nitrogens with zero attached hydrogens (tertiary/aromatic N) is 1. The average molecular weight is 262 g/mol. The Kier molecular flexibility index (Phi) is 2.70. The minimum Gasteiger partial charge on any atom is -0.468 e. The van der Waals surface area contributed by atoms with Gasteiger partial charge in [0.05, 0.1) is 23.2 Å². The molecule has 0 radical (unpaired) electrons. The number of aromatic nitrogens is 1. The van der Waals surface area contributed by atoms with Gasteiger partial charge in [-0.3, -0.25) is 4.79 Å². The van der Waals surface area contributed by atoms with Crippen molar-refractivity contribution in [1.29, 1.82) is 0 Å². The lowest BCUT2D eigenvalue weighted by molar-refractivity contribution is 0.102. The number of carbonyl (C=O) groups is 1. The molecule has 18 heavy (non-hydrogen) atoms. The minimum atomic E-state index is -0.1000. The second-order valence-electron chi connectivity index (χ2n) is 4.63. The first-order valence-corrected chi connectivity index (χ1v) is 6.75. The van der Waals surface area contributed by atoms with Gasteiger partial charge in [-0.15, -0.1) is 0 Å². The maximum atomic E-state index is 12.2. The lowest BCUT2D eigenvalue weighted by Gasteiger charge is -2.05. The fraction of sp³-hybridized carbons (Fsp3) is 0.385. The van der Waals surface area contributed by atoms with Crippen LogP contribution in [0.25, 0.3) is 0 Å². The molecule has 1 amide bonds. The summed E-state index contributed by atoms with van der Waals surface area (Å²) in [5, 5.41) is 2.93. The number of carbonyl (C=O) groups excluding carboxylic acids is 1. The molecular formula is C13H14N2O2S. The van der Waals surface area contributed by atoms with E-state index in [1.807, 2.05) is 13.8 Å². The van der Waals surface area contributed by atoms with E-state index >= 15 is 0 Å². The number of amides is 1. The standard InChI is InChI=1S/C13H14N2O2S/c1-7-11(8(2)18-15-7)14-13(16)10-5-6-17-12(10)9-3-4-9/h5-6,9H,3-4H2,1-2H3,(H,14,16). The summed E-state index contributed by atoms with van der Waals surface area (Å²) in [4.78, 5) is 13.3. The number of furan rings is 1. The summed E-state index contributed by atoms with van der Waals surface area (Å²) in [6.45, 7) is 3.85. The van der Waals surface area contributed by atoms with Crippen molar-refractivity contribution in [3.05, 3.63) is 34.2 Å². The van der Waals surface area contributed by atoms with Crippen molar-refractivity contribution in [2.24, 2.45) is 0 Å². The molecule has 2 heterocycles. The van der Waals surface area contributed by atoms with Crippen LogP contribution in [0.2, 0.25) is 0 Å². The zero-order valence-corrected chi connectivity index (χ0v) is 11.1. The number of hydrogen-bond acceptors (Lipinski definition) is 4. The smallest absolute Gasteiger partial charge is 0.259 e. The van der Waals surface area contributed by atoms with Crippen molar-refractivity contribution < 1.29 is 9.21 Å². The molecular weight excluding hydrogens is 248 g/mol. The van der Waals surface area contributed by atoms with E-state index in [-0.39, 0.29) is 5.91 Å². The van der Waals surface area contributed by atoms with Gasteiger partial charge < -0.3 is 9.73 Å². The highest BCUT2D eigenvalue weighted by atomic mass is 32.1. The molecule has 1 N–H and O–H groups in total. The largest absolute Gasteiger partial charge is 0.468 e. The molecule has 0 aromatic carbocycles. The van der Waals surface area contributed by atoms with E-state index in [2.05, 4.69) is 9.69 Å². The van der Waals surface area contributed by atoms with Crippen molar-refractivity contribution in [1.82, 2.24) is 4.37 Å². The molecule has 1 saturated carbocycles. The van der Waals surface area contributed by atoms with Crippen LogP contribution < -0.4 is 5.32 Å². The Balaban J connectivity index is 1.84. The number of rotatable bonds is 3. The molecule has 0 unspecified atom stereocenters. The second kappa shape index (κ2) is 4.24. The Morgan fingerprint density at radius 2 is 2.28 bits per heavy atom. The van der Waals surface area contributed by atoms with Gasteiger partial charge >= 0.3 is 0 Å². The highest BCUT2D eigenvalue weighted by Gasteiger charge is 2.31. The fourth-order valence-electron chi connectivity index (χ4n) is 2.01. The maximum absolute atomic E-state index is 12.2. The molecule has 0 atom stereocenters. The zero-order chi connectivity index (χ0) is 12.7. The van der Waals surface area contributed by atoms with E-state index in [1.54, 1.807) is 12.3 Å². The third kappa shape index (κ3) is 1.95. The van der Waals surface area contributed by atoms with Gasteiger partial charge in [-0.25, -0.2) is 0 Å². The summed E-state index contributed by atoms with van der Waals surface area (Å²) in [6.07, 6.45) is 3.83. The van der Waals surface area contributed by atoms with Crippen LogP contribution in [-0.2, 0) is 0 Å². The molecule has 1 aliphatic carbocycles. The molecule has 2 aromatic rings. The predicted molar refractivity (Wildman–Crippen MR) is 70.2 cm³/mol. The van der Waals surface area contributed by atoms with E-state index < -0.39 is 0 Å². The molecule has 1 fully saturated rings. The van der Waals surface area contributed by atoms with Crippen molar-refractivity contribution in [3.8, 4) is 0 Å². The molecule has 0 bridgehead atoms. The van der Waals surface area contributed by atoms with E-state index in [1.165, 1.54) is 11.5 Å². The molecule has 2 aromatic heterocycles. The van der Waals surface area contributed by atoms with E-state index in [0.717, 1.165) is 34.9 Å². The molecule has 0 aliphatic heterocycles. The van der Waals surface area contributed by atoms with Crippen LogP contribution in [0.15, 0.2) is 16.7 Å². The summed E-state index contributed by atoms with van der Waals surface area (Å²) >= 11 is 1.40. The first kappa shape index (κ1) is 11.5. The molecule has 5 heteroatoms. The van der Waals surface area contributed by atoms with Gasteiger partial charge in [0.15, 0.2) is 0 Å². The Bertz CT molecular complexity index is 576. The summed E-state index contributed by atoms with van der Waals surface area (Å²) in [6, 6.07) is 1.74. The summed E-state index contributed by atoms with van der Waals surface area (Å²) in [7, 11) is 0. The van der Waals surface area contributed by atoms with Crippen LogP contribution in [-0.4, -0.2) is 10.3 Å². The lowest BCUT2D eigenvalue weighted by atomic mass is 10.1. The second-order valence-corrected chi connectivity index (χ2v) is 5.60. The molecule has 0 spiro atoms. The van der Waals surface area contributed by atoms with Gasteiger partial charge in [-0.05, 0) is 44.3 Å². The van der Waals surface area contributed by atoms with Gasteiger partial charge in [0.1, 0.15) is 5.76 Å². The number of anilines is 1. The fourth-order valence-corrected chi connectivity index (χ4v) is 2.67. The highest BCUT2D eigenvalue weighted by Crippen LogP contribution is 2.42. The molecule has 94 valence electrons. The summed E-state index contributed by atoms with van der Waals surface area (Å²) < 4.78 is 9.64. The molecule has 4 nitrogen and oxygen atoms in total. The van der Waals surface area contributed by atoms with Gasteiger partial charge in [0.25, 0.3) is 5.91 Å². The van der Waals surface area contributed by atoms with Crippen molar-refractivity contribution in [2.45, 2.75) is 32.6 Å². The van der Waals surface area contributed by atoms with Crippen molar-refractivity contribution >= 4 is 23.1 Å². The van der Waals surface area contributed by atoms with Gasteiger partial charge in [0.2, 0.25) is 0 Å². The van der Waals surface area contributed by atoms with Crippen LogP contribution in [0.4, 0.5) is 5.69 Å². The highest BCUT2D eigenvalue weighted by molar-refractivity contribution is 7.06. The predicted octanol–water partition coefficient (Wildman–Crippen LogP) is 3.48. The van der Waals surface area contributed by atoms with Crippen LogP contribution in [0, 0.1) is 13.8 Å². The van der Waals surface area contributed by atoms with Crippen molar-refractivity contribution in [2.75, 3.05) is 5.32 Å². The maximum Gasteiger partial charge on any atom is 0.259 e. The quantitative estimate of drug-likeness (QED) is 0.921. The van der Waals surface area contributed by atoms with E-state index in [4.69, 9.17) is 4.42 Å². The normalized spacial score (nSPS) is 14.8. The van der Waals surface area contributed by atoms with Crippen LogP contribution in [0.5, 0.6) is 0 Å². The van der Waals surface area contributed by atoms with E-state index in [0.29, 0.717) is 11.5 Å². The van der Waals surface area contributed by atoms with E-state index in [9.17, 15) is 4.79 Å². The monoisotopic (exact) mass is 262 g/mol. The summed E-state index contributed by atoms with van der Waals surface area (Å²) in [5.41, 5.74) is 2.35. The number of nitrogens with one attached hydrogen (secondary N) is 1. The number of hydrogen-bond donors (Lipinski definition) is 1. The average Bonchev–Trinajstić information content (AvgIpc) is 3.01. The molecule has 3 rings (SSSR count). The van der Waals surface area contributed by atoms with Crippen LogP contribution >= 0.6 is 11.5 Å².